The monoisotopic (exact) mass is 254 g/mol. The highest BCUT2D eigenvalue weighted by Crippen LogP contribution is 2.20. The van der Waals surface area contributed by atoms with Crippen LogP contribution < -0.4 is 5.73 Å². The zero-order valence-electron chi connectivity index (χ0n) is 11.6. The van der Waals surface area contributed by atoms with Gasteiger partial charge in [-0.05, 0) is 18.4 Å². The first-order valence-electron chi connectivity index (χ1n) is 6.10. The predicted molar refractivity (Wildman–Crippen MR) is 68.2 cm³/mol. The normalized spacial score (nSPS) is 11.6. The number of aromatic nitrogens is 3. The number of hydrogen-bond donors (Lipinski definition) is 1. The Morgan fingerprint density at radius 1 is 1.44 bits per heavy atom. The Balaban J connectivity index is 2.91. The van der Waals surface area contributed by atoms with Crippen molar-refractivity contribution in [2.45, 2.75) is 40.2 Å². The van der Waals surface area contributed by atoms with E-state index in [1.165, 1.54) is 7.11 Å². The molecule has 0 saturated heterocycles. The second kappa shape index (κ2) is 5.95. The molecule has 0 aliphatic carbocycles. The van der Waals surface area contributed by atoms with E-state index in [9.17, 15) is 4.79 Å². The van der Waals surface area contributed by atoms with Gasteiger partial charge in [0.2, 0.25) is 0 Å². The van der Waals surface area contributed by atoms with Crippen molar-refractivity contribution in [3.63, 3.8) is 0 Å². The molecule has 1 aromatic rings. The minimum atomic E-state index is -0.458. The van der Waals surface area contributed by atoms with Crippen LogP contribution in [0.1, 0.15) is 43.4 Å². The summed E-state index contributed by atoms with van der Waals surface area (Å²) in [5, 5.41) is 7.91. The molecule has 1 aromatic heterocycles. The van der Waals surface area contributed by atoms with Gasteiger partial charge in [-0.3, -0.25) is 0 Å². The Hall–Kier alpha value is -1.43. The summed E-state index contributed by atoms with van der Waals surface area (Å²) < 4.78 is 6.44. The molecule has 0 aliphatic heterocycles. The van der Waals surface area contributed by atoms with Gasteiger partial charge in [-0.1, -0.05) is 26.0 Å². The Bertz CT molecular complexity index is 407. The van der Waals surface area contributed by atoms with Gasteiger partial charge in [0.05, 0.1) is 12.8 Å². The minimum absolute atomic E-state index is 0.206. The van der Waals surface area contributed by atoms with E-state index in [4.69, 9.17) is 5.73 Å². The lowest BCUT2D eigenvalue weighted by Crippen LogP contribution is -2.17. The van der Waals surface area contributed by atoms with Gasteiger partial charge < -0.3 is 10.5 Å². The van der Waals surface area contributed by atoms with Crippen LogP contribution in [0.2, 0.25) is 0 Å². The molecule has 0 spiro atoms. The predicted octanol–water partition coefficient (Wildman–Crippen LogP) is 1.00. The molecular weight excluding hydrogens is 232 g/mol. The highest BCUT2D eigenvalue weighted by Gasteiger charge is 2.20. The maximum atomic E-state index is 11.5. The van der Waals surface area contributed by atoms with Gasteiger partial charge in [0.1, 0.15) is 0 Å². The number of ether oxygens (including phenoxy) is 1. The molecule has 0 atom stereocenters. The molecule has 0 saturated carbocycles. The van der Waals surface area contributed by atoms with E-state index in [1.54, 1.807) is 4.68 Å². The first-order chi connectivity index (χ1) is 8.39. The van der Waals surface area contributed by atoms with Crippen LogP contribution in [0.4, 0.5) is 0 Å². The third-order valence-corrected chi connectivity index (χ3v) is 2.67. The topological polar surface area (TPSA) is 83.0 Å². The van der Waals surface area contributed by atoms with Gasteiger partial charge in [0.15, 0.2) is 5.69 Å². The number of carbonyl (C=O) groups excluding carboxylic acids is 1. The summed E-state index contributed by atoms with van der Waals surface area (Å²) in [5.74, 6) is -0.458. The van der Waals surface area contributed by atoms with E-state index in [-0.39, 0.29) is 11.1 Å². The third kappa shape index (κ3) is 3.80. The molecule has 0 fully saturated rings. The van der Waals surface area contributed by atoms with Crippen LogP contribution in [0.25, 0.3) is 0 Å². The number of esters is 1. The van der Waals surface area contributed by atoms with Gasteiger partial charge in [-0.15, -0.1) is 5.10 Å². The van der Waals surface area contributed by atoms with Crippen LogP contribution in [0.15, 0.2) is 0 Å². The van der Waals surface area contributed by atoms with E-state index < -0.39 is 5.97 Å². The van der Waals surface area contributed by atoms with Crippen molar-refractivity contribution in [1.29, 1.82) is 0 Å². The molecule has 6 heteroatoms. The second-order valence-corrected chi connectivity index (χ2v) is 5.45. The Kier molecular flexibility index (Phi) is 4.84. The fourth-order valence-electron chi connectivity index (χ4n) is 1.59. The first kappa shape index (κ1) is 14.6. The molecule has 1 rings (SSSR count). The van der Waals surface area contributed by atoms with Crippen LogP contribution in [-0.4, -0.2) is 34.6 Å². The molecule has 2 N–H and O–H groups in total. The van der Waals surface area contributed by atoms with Crippen LogP contribution >= 0.6 is 0 Å². The van der Waals surface area contributed by atoms with Gasteiger partial charge in [0, 0.05) is 13.0 Å². The maximum absolute atomic E-state index is 11.5. The van der Waals surface area contributed by atoms with Crippen LogP contribution in [0.5, 0.6) is 0 Å². The average Bonchev–Trinajstić information content (AvgIpc) is 2.68. The number of nitrogens with zero attached hydrogens (tertiary/aromatic N) is 3. The Morgan fingerprint density at radius 2 is 2.11 bits per heavy atom. The quantitative estimate of drug-likeness (QED) is 0.793. The summed E-state index contributed by atoms with van der Waals surface area (Å²) in [4.78, 5) is 11.5. The molecule has 0 radical (unpaired) electrons. The zero-order valence-corrected chi connectivity index (χ0v) is 11.6. The number of hydrogen-bond acceptors (Lipinski definition) is 5. The number of methoxy groups -OCH3 is 1. The molecule has 102 valence electrons. The van der Waals surface area contributed by atoms with Crippen LogP contribution in [0.3, 0.4) is 0 Å². The Morgan fingerprint density at radius 3 is 2.61 bits per heavy atom. The zero-order chi connectivity index (χ0) is 13.8. The van der Waals surface area contributed by atoms with Crippen LogP contribution in [0, 0.1) is 5.41 Å². The summed E-state index contributed by atoms with van der Waals surface area (Å²) >= 11 is 0. The van der Waals surface area contributed by atoms with E-state index >= 15 is 0 Å². The van der Waals surface area contributed by atoms with Gasteiger partial charge in [0.25, 0.3) is 0 Å². The van der Waals surface area contributed by atoms with E-state index in [2.05, 4.69) is 35.8 Å². The first-order valence-corrected chi connectivity index (χ1v) is 6.10. The lowest BCUT2D eigenvalue weighted by atomic mass is 9.92. The summed E-state index contributed by atoms with van der Waals surface area (Å²) in [5.41, 5.74) is 6.80. The molecule has 0 unspecified atom stereocenters. The molecule has 0 bridgehead atoms. The lowest BCUT2D eigenvalue weighted by Gasteiger charge is -2.18. The largest absolute Gasteiger partial charge is 0.464 e. The van der Waals surface area contributed by atoms with Crippen molar-refractivity contribution < 1.29 is 9.53 Å². The highest BCUT2D eigenvalue weighted by molar-refractivity contribution is 5.88. The van der Waals surface area contributed by atoms with Gasteiger partial charge in [-0.2, -0.15) is 0 Å². The fourth-order valence-corrected chi connectivity index (χ4v) is 1.59. The van der Waals surface area contributed by atoms with Crippen molar-refractivity contribution in [1.82, 2.24) is 15.0 Å². The molecule has 18 heavy (non-hydrogen) atoms. The number of aryl methyl sites for hydroxylation is 1. The van der Waals surface area contributed by atoms with Crippen molar-refractivity contribution in [2.75, 3.05) is 13.7 Å². The fraction of sp³-hybridized carbons (Fsp3) is 0.750. The molecule has 0 amide bonds. The van der Waals surface area contributed by atoms with Crippen molar-refractivity contribution >= 4 is 5.97 Å². The summed E-state index contributed by atoms with van der Waals surface area (Å²) in [6.45, 7) is 7.66. The summed E-state index contributed by atoms with van der Waals surface area (Å²) in [6, 6.07) is 0. The molecular formula is C12H22N4O2. The van der Waals surface area contributed by atoms with Crippen molar-refractivity contribution in [2.24, 2.45) is 11.1 Å². The van der Waals surface area contributed by atoms with Gasteiger partial charge >= 0.3 is 5.97 Å². The standard InChI is InChI=1S/C12H22N4O2/c1-12(2,3)6-8-16-9(5-7-13)10(14-15-16)11(17)18-4/h5-8,13H2,1-4H3. The van der Waals surface area contributed by atoms with Crippen molar-refractivity contribution in [3.05, 3.63) is 11.4 Å². The van der Waals surface area contributed by atoms with E-state index in [0.29, 0.717) is 13.0 Å². The number of nitrogens with two attached hydrogens (primary N) is 1. The smallest absolute Gasteiger partial charge is 0.360 e. The highest BCUT2D eigenvalue weighted by atomic mass is 16.5. The molecule has 6 nitrogen and oxygen atoms in total. The average molecular weight is 254 g/mol. The number of rotatable bonds is 5. The summed E-state index contributed by atoms with van der Waals surface area (Å²) in [7, 11) is 1.34. The van der Waals surface area contributed by atoms with Crippen molar-refractivity contribution in [3.8, 4) is 0 Å². The van der Waals surface area contributed by atoms with E-state index in [1.807, 2.05) is 0 Å². The number of carbonyl (C=O) groups is 1. The van der Waals surface area contributed by atoms with Crippen LogP contribution in [-0.2, 0) is 17.7 Å². The third-order valence-electron chi connectivity index (χ3n) is 2.67. The van der Waals surface area contributed by atoms with E-state index in [0.717, 1.165) is 18.7 Å². The molecule has 1 heterocycles. The Labute approximate surface area is 107 Å². The lowest BCUT2D eigenvalue weighted by molar-refractivity contribution is 0.0592. The maximum Gasteiger partial charge on any atom is 0.360 e. The molecule has 0 aliphatic rings. The minimum Gasteiger partial charge on any atom is -0.464 e. The summed E-state index contributed by atoms with van der Waals surface area (Å²) in [6.07, 6.45) is 1.52. The SMILES string of the molecule is COC(=O)c1nnn(CCC(C)(C)C)c1CCN. The molecule has 0 aromatic carbocycles. The van der Waals surface area contributed by atoms with Gasteiger partial charge in [-0.25, -0.2) is 9.48 Å². The second-order valence-electron chi connectivity index (χ2n) is 5.45.